The predicted octanol–water partition coefficient (Wildman–Crippen LogP) is 2.83. The van der Waals surface area contributed by atoms with Gasteiger partial charge < -0.3 is 5.32 Å². The second-order valence-corrected chi connectivity index (χ2v) is 5.45. The van der Waals surface area contributed by atoms with E-state index in [1.807, 2.05) is 12.1 Å². The summed E-state index contributed by atoms with van der Waals surface area (Å²) in [6, 6.07) is 8.17. The number of rotatable bonds is 5. The Morgan fingerprint density at radius 1 is 1.21 bits per heavy atom. The van der Waals surface area contributed by atoms with Crippen molar-refractivity contribution >= 4 is 0 Å². The monoisotopic (exact) mass is 264 g/mol. The summed E-state index contributed by atoms with van der Waals surface area (Å²) in [4.78, 5) is 2.59. The Kier molecular flexibility index (Phi) is 5.34. The highest BCUT2D eigenvalue weighted by Crippen LogP contribution is 2.13. The molecule has 0 spiro atoms. The molecule has 1 aliphatic heterocycles. The number of nitrogens with zero attached hydrogens (tertiary/aromatic N) is 1. The van der Waals surface area contributed by atoms with Crippen molar-refractivity contribution in [2.24, 2.45) is 0 Å². The van der Waals surface area contributed by atoms with Crippen LogP contribution in [0.1, 0.15) is 32.3 Å². The quantitative estimate of drug-likeness (QED) is 0.880. The van der Waals surface area contributed by atoms with E-state index < -0.39 is 0 Å². The second-order valence-electron chi connectivity index (χ2n) is 5.45. The van der Waals surface area contributed by atoms with Gasteiger partial charge >= 0.3 is 0 Å². The van der Waals surface area contributed by atoms with E-state index in [0.29, 0.717) is 12.1 Å². The molecule has 0 saturated carbocycles. The normalized spacial score (nSPS) is 24.6. The summed E-state index contributed by atoms with van der Waals surface area (Å²) < 4.78 is 12.9. The molecular formula is C16H25FN2. The van der Waals surface area contributed by atoms with Crippen molar-refractivity contribution < 1.29 is 4.39 Å². The highest BCUT2D eigenvalue weighted by Gasteiger charge is 2.25. The van der Waals surface area contributed by atoms with Crippen molar-refractivity contribution in [3.05, 3.63) is 35.6 Å². The molecule has 19 heavy (non-hydrogen) atoms. The summed E-state index contributed by atoms with van der Waals surface area (Å²) in [5.41, 5.74) is 1.22. The van der Waals surface area contributed by atoms with Crippen molar-refractivity contribution in [3.63, 3.8) is 0 Å². The fourth-order valence-electron chi connectivity index (χ4n) is 2.80. The molecule has 1 aromatic rings. The minimum atomic E-state index is -0.150. The van der Waals surface area contributed by atoms with Crippen LogP contribution in [0.25, 0.3) is 0 Å². The maximum absolute atomic E-state index is 12.9. The predicted molar refractivity (Wildman–Crippen MR) is 77.8 cm³/mol. The molecule has 0 aromatic heterocycles. The Labute approximate surface area is 116 Å². The first-order valence-corrected chi connectivity index (χ1v) is 7.44. The lowest BCUT2D eigenvalue weighted by atomic mass is 10.0. The molecule has 1 fully saturated rings. The molecule has 2 unspecified atom stereocenters. The highest BCUT2D eigenvalue weighted by molar-refractivity contribution is 5.16. The van der Waals surface area contributed by atoms with Gasteiger partial charge in [0.15, 0.2) is 0 Å². The van der Waals surface area contributed by atoms with E-state index in [1.165, 1.54) is 18.4 Å². The zero-order chi connectivity index (χ0) is 13.7. The van der Waals surface area contributed by atoms with Gasteiger partial charge in [0.2, 0.25) is 0 Å². The smallest absolute Gasteiger partial charge is 0.123 e. The molecule has 0 radical (unpaired) electrons. The highest BCUT2D eigenvalue weighted by atomic mass is 19.1. The summed E-state index contributed by atoms with van der Waals surface area (Å²) in [5, 5.41) is 3.61. The Hall–Kier alpha value is -0.930. The summed E-state index contributed by atoms with van der Waals surface area (Å²) in [6.07, 6.45) is 3.38. The third-order valence-electron chi connectivity index (χ3n) is 4.18. The SMILES string of the molecule is CCC1CN(CCc2ccc(F)cc2)C(CC)CN1. The number of piperazine rings is 1. The van der Waals surface area contributed by atoms with Crippen LogP contribution in [0.15, 0.2) is 24.3 Å². The Morgan fingerprint density at radius 2 is 1.95 bits per heavy atom. The van der Waals surface area contributed by atoms with E-state index in [0.717, 1.165) is 26.1 Å². The average Bonchev–Trinajstić information content (AvgIpc) is 2.46. The summed E-state index contributed by atoms with van der Waals surface area (Å²) in [6.45, 7) is 7.79. The zero-order valence-corrected chi connectivity index (χ0v) is 12.0. The third-order valence-corrected chi connectivity index (χ3v) is 4.18. The van der Waals surface area contributed by atoms with E-state index in [1.54, 1.807) is 12.1 Å². The van der Waals surface area contributed by atoms with Crippen LogP contribution in [0.2, 0.25) is 0 Å². The molecule has 2 nitrogen and oxygen atoms in total. The lowest BCUT2D eigenvalue weighted by Gasteiger charge is -2.40. The van der Waals surface area contributed by atoms with Gasteiger partial charge in [0.25, 0.3) is 0 Å². The maximum Gasteiger partial charge on any atom is 0.123 e. The molecule has 1 saturated heterocycles. The van der Waals surface area contributed by atoms with Crippen LogP contribution in [-0.2, 0) is 6.42 Å². The van der Waals surface area contributed by atoms with Crippen molar-refractivity contribution in [1.82, 2.24) is 10.2 Å². The van der Waals surface area contributed by atoms with Crippen LogP contribution in [0, 0.1) is 5.82 Å². The summed E-state index contributed by atoms with van der Waals surface area (Å²) in [7, 11) is 0. The van der Waals surface area contributed by atoms with E-state index in [-0.39, 0.29) is 5.82 Å². The second kappa shape index (κ2) is 7.01. The number of benzene rings is 1. The van der Waals surface area contributed by atoms with Crippen LogP contribution in [0.4, 0.5) is 4.39 Å². The third kappa shape index (κ3) is 4.02. The van der Waals surface area contributed by atoms with Crippen LogP contribution in [-0.4, -0.2) is 36.6 Å². The van der Waals surface area contributed by atoms with Crippen LogP contribution in [0.5, 0.6) is 0 Å². The summed E-state index contributed by atoms with van der Waals surface area (Å²) in [5.74, 6) is -0.150. The first-order chi connectivity index (χ1) is 9.22. The fraction of sp³-hybridized carbons (Fsp3) is 0.625. The van der Waals surface area contributed by atoms with Gasteiger partial charge in [-0.15, -0.1) is 0 Å². The summed E-state index contributed by atoms with van der Waals surface area (Å²) >= 11 is 0. The van der Waals surface area contributed by atoms with Crippen LogP contribution in [0.3, 0.4) is 0 Å². The first kappa shape index (κ1) is 14.5. The van der Waals surface area contributed by atoms with Gasteiger partial charge in [0, 0.05) is 31.7 Å². The van der Waals surface area contributed by atoms with Gasteiger partial charge in [-0.25, -0.2) is 4.39 Å². The van der Waals surface area contributed by atoms with E-state index in [9.17, 15) is 4.39 Å². The molecule has 0 aliphatic carbocycles. The molecule has 3 heteroatoms. The molecule has 1 heterocycles. The van der Waals surface area contributed by atoms with Gasteiger partial charge in [0.1, 0.15) is 5.82 Å². The van der Waals surface area contributed by atoms with Gasteiger partial charge in [-0.05, 0) is 37.0 Å². The van der Waals surface area contributed by atoms with E-state index in [4.69, 9.17) is 0 Å². The molecule has 2 atom stereocenters. The molecule has 1 aliphatic rings. The molecule has 1 aromatic carbocycles. The van der Waals surface area contributed by atoms with Crippen molar-refractivity contribution in [2.75, 3.05) is 19.6 Å². The largest absolute Gasteiger partial charge is 0.311 e. The number of halogens is 1. The Balaban J connectivity index is 1.90. The van der Waals surface area contributed by atoms with Gasteiger partial charge in [-0.2, -0.15) is 0 Å². The molecular weight excluding hydrogens is 239 g/mol. The molecule has 0 amide bonds. The van der Waals surface area contributed by atoms with Crippen molar-refractivity contribution in [2.45, 2.75) is 45.2 Å². The number of hydrogen-bond acceptors (Lipinski definition) is 2. The molecule has 0 bridgehead atoms. The molecule has 2 rings (SSSR count). The minimum absolute atomic E-state index is 0.150. The maximum atomic E-state index is 12.9. The number of hydrogen-bond donors (Lipinski definition) is 1. The zero-order valence-electron chi connectivity index (χ0n) is 12.0. The topological polar surface area (TPSA) is 15.3 Å². The van der Waals surface area contributed by atoms with Gasteiger partial charge in [-0.3, -0.25) is 4.90 Å². The van der Waals surface area contributed by atoms with Crippen LogP contribution < -0.4 is 5.32 Å². The first-order valence-electron chi connectivity index (χ1n) is 7.44. The van der Waals surface area contributed by atoms with Crippen molar-refractivity contribution in [3.8, 4) is 0 Å². The standard InChI is InChI=1S/C16H25FN2/c1-3-15-12-19(16(4-2)11-18-15)10-9-13-5-7-14(17)8-6-13/h5-8,15-16,18H,3-4,9-12H2,1-2H3. The van der Waals surface area contributed by atoms with Crippen molar-refractivity contribution in [1.29, 1.82) is 0 Å². The Morgan fingerprint density at radius 3 is 2.58 bits per heavy atom. The fourth-order valence-corrected chi connectivity index (χ4v) is 2.80. The van der Waals surface area contributed by atoms with Gasteiger partial charge in [-0.1, -0.05) is 26.0 Å². The molecule has 1 N–H and O–H groups in total. The minimum Gasteiger partial charge on any atom is -0.311 e. The average molecular weight is 264 g/mol. The Bertz CT molecular complexity index is 377. The number of nitrogens with one attached hydrogen (secondary N) is 1. The van der Waals surface area contributed by atoms with Gasteiger partial charge in [0.05, 0.1) is 0 Å². The van der Waals surface area contributed by atoms with Crippen LogP contribution >= 0.6 is 0 Å². The van der Waals surface area contributed by atoms with E-state index in [2.05, 4.69) is 24.1 Å². The lowest BCUT2D eigenvalue weighted by Crippen LogP contribution is -2.56. The molecule has 106 valence electrons. The lowest BCUT2D eigenvalue weighted by molar-refractivity contribution is 0.126. The van der Waals surface area contributed by atoms with E-state index >= 15 is 0 Å².